The molecule has 2 aromatic carbocycles. The first kappa shape index (κ1) is 15.3. The van der Waals surface area contributed by atoms with E-state index in [1.165, 1.54) is 0 Å². The maximum atomic E-state index is 12.7. The first-order chi connectivity index (χ1) is 12.1. The maximum absolute atomic E-state index is 12.7. The second-order valence-electron chi connectivity index (χ2n) is 6.12. The van der Waals surface area contributed by atoms with Crippen LogP contribution in [0.4, 0.5) is 5.69 Å². The average molecular weight is 331 g/mol. The third-order valence-electron chi connectivity index (χ3n) is 4.57. The fourth-order valence-corrected chi connectivity index (χ4v) is 3.20. The Kier molecular flexibility index (Phi) is 3.69. The molecule has 0 N–H and O–H groups in total. The van der Waals surface area contributed by atoms with Gasteiger partial charge in [0.25, 0.3) is 5.91 Å². The Balaban J connectivity index is 1.57. The topological polar surface area (TPSA) is 53.5 Å². The maximum Gasteiger partial charge on any atom is 0.254 e. The third-order valence-corrected chi connectivity index (χ3v) is 4.57. The lowest BCUT2D eigenvalue weighted by molar-refractivity contribution is -0.119. The van der Waals surface area contributed by atoms with Crippen LogP contribution >= 0.6 is 0 Å². The molecule has 2 heterocycles. The fourth-order valence-electron chi connectivity index (χ4n) is 3.20. The molecule has 0 unspecified atom stereocenters. The number of hydrogen-bond donors (Lipinski definition) is 0. The number of fused-ring (bicyclic) bond motifs is 2. The summed E-state index contributed by atoms with van der Waals surface area (Å²) in [6, 6.07) is 17.1. The van der Waals surface area contributed by atoms with Gasteiger partial charge in [-0.05, 0) is 23.8 Å². The molecule has 25 heavy (non-hydrogen) atoms. The van der Waals surface area contributed by atoms with E-state index in [2.05, 4.69) is 4.98 Å². The quantitative estimate of drug-likeness (QED) is 0.741. The van der Waals surface area contributed by atoms with Crippen molar-refractivity contribution in [3.63, 3.8) is 0 Å². The van der Waals surface area contributed by atoms with Crippen LogP contribution in [0, 0.1) is 0 Å². The third kappa shape index (κ3) is 2.63. The van der Waals surface area contributed by atoms with Crippen LogP contribution in [-0.2, 0) is 11.3 Å². The van der Waals surface area contributed by atoms with Crippen LogP contribution in [0.1, 0.15) is 15.9 Å². The standard InChI is InChI=1S/C20H17N3O2/c1-22(17-10-4-7-14-8-5-11-21-19(14)17)18(24)13-23-12-15-6-2-3-9-16(15)20(23)25/h2-11H,12-13H2,1H3. The van der Waals surface area contributed by atoms with Gasteiger partial charge in [-0.2, -0.15) is 0 Å². The van der Waals surface area contributed by atoms with Crippen molar-refractivity contribution < 1.29 is 9.59 Å². The molecule has 0 radical (unpaired) electrons. The first-order valence-electron chi connectivity index (χ1n) is 8.12. The van der Waals surface area contributed by atoms with E-state index < -0.39 is 0 Å². The van der Waals surface area contributed by atoms with E-state index in [9.17, 15) is 9.59 Å². The number of anilines is 1. The van der Waals surface area contributed by atoms with Gasteiger partial charge in [0.1, 0.15) is 6.54 Å². The molecule has 3 aromatic rings. The molecular formula is C20H17N3O2. The number of rotatable bonds is 3. The van der Waals surface area contributed by atoms with E-state index in [4.69, 9.17) is 0 Å². The number of hydrogen-bond acceptors (Lipinski definition) is 3. The van der Waals surface area contributed by atoms with Crippen molar-refractivity contribution in [2.75, 3.05) is 18.5 Å². The number of aromatic nitrogens is 1. The number of likely N-dealkylation sites (N-methyl/N-ethyl adjacent to an activating group) is 1. The van der Waals surface area contributed by atoms with Gasteiger partial charge in [-0.1, -0.05) is 36.4 Å². The van der Waals surface area contributed by atoms with Crippen molar-refractivity contribution in [1.29, 1.82) is 0 Å². The summed E-state index contributed by atoms with van der Waals surface area (Å²) in [7, 11) is 1.72. The van der Waals surface area contributed by atoms with Gasteiger partial charge in [0.15, 0.2) is 0 Å². The van der Waals surface area contributed by atoms with E-state index in [0.717, 1.165) is 22.2 Å². The van der Waals surface area contributed by atoms with Crippen molar-refractivity contribution in [2.45, 2.75) is 6.54 Å². The summed E-state index contributed by atoms with van der Waals surface area (Å²) in [5, 5.41) is 0.976. The summed E-state index contributed by atoms with van der Waals surface area (Å²) in [6.45, 7) is 0.523. The van der Waals surface area contributed by atoms with E-state index in [-0.39, 0.29) is 18.4 Å². The minimum absolute atomic E-state index is 0.0488. The Morgan fingerprint density at radius 1 is 1.12 bits per heavy atom. The number of pyridine rings is 1. The predicted octanol–water partition coefficient (Wildman–Crippen LogP) is 2.85. The van der Waals surface area contributed by atoms with E-state index >= 15 is 0 Å². The Hall–Kier alpha value is -3.21. The van der Waals surface area contributed by atoms with Crippen LogP contribution in [0.15, 0.2) is 60.8 Å². The second kappa shape index (κ2) is 6.02. The number of carbonyl (C=O) groups is 2. The zero-order valence-corrected chi connectivity index (χ0v) is 13.8. The van der Waals surface area contributed by atoms with E-state index in [1.54, 1.807) is 29.1 Å². The van der Waals surface area contributed by atoms with Crippen molar-refractivity contribution >= 4 is 28.4 Å². The lowest BCUT2D eigenvalue weighted by Crippen LogP contribution is -2.38. The molecule has 2 amide bonds. The van der Waals surface area contributed by atoms with E-state index in [1.807, 2.05) is 48.5 Å². The van der Waals surface area contributed by atoms with Crippen molar-refractivity contribution in [3.8, 4) is 0 Å². The molecule has 0 saturated carbocycles. The molecule has 0 bridgehead atoms. The van der Waals surface area contributed by atoms with Gasteiger partial charge in [0.2, 0.25) is 5.91 Å². The Labute approximate surface area is 145 Å². The van der Waals surface area contributed by atoms with Gasteiger partial charge in [-0.25, -0.2) is 0 Å². The number of amides is 2. The molecule has 0 saturated heterocycles. The summed E-state index contributed by atoms with van der Waals surface area (Å²) in [5.41, 5.74) is 3.17. The van der Waals surface area contributed by atoms with Crippen LogP contribution in [0.2, 0.25) is 0 Å². The summed E-state index contributed by atoms with van der Waals surface area (Å²) < 4.78 is 0. The SMILES string of the molecule is CN(C(=O)CN1Cc2ccccc2C1=O)c1cccc2cccnc12. The molecule has 1 aromatic heterocycles. The zero-order valence-electron chi connectivity index (χ0n) is 13.8. The van der Waals surface area contributed by atoms with Crippen LogP contribution in [0.3, 0.4) is 0 Å². The number of benzene rings is 2. The lowest BCUT2D eigenvalue weighted by Gasteiger charge is -2.22. The van der Waals surface area contributed by atoms with Gasteiger partial charge in [0, 0.05) is 30.7 Å². The lowest BCUT2D eigenvalue weighted by atomic mass is 10.1. The highest BCUT2D eigenvalue weighted by Crippen LogP contribution is 2.25. The normalized spacial score (nSPS) is 13.2. The fraction of sp³-hybridized carbons (Fsp3) is 0.150. The minimum atomic E-state index is -0.140. The van der Waals surface area contributed by atoms with Crippen LogP contribution < -0.4 is 4.90 Å². The average Bonchev–Trinajstić information content (AvgIpc) is 2.96. The Bertz CT molecular complexity index is 978. The Morgan fingerprint density at radius 3 is 2.76 bits per heavy atom. The smallest absolute Gasteiger partial charge is 0.254 e. The highest BCUT2D eigenvalue weighted by Gasteiger charge is 2.29. The largest absolute Gasteiger partial charge is 0.325 e. The molecule has 0 atom stereocenters. The van der Waals surface area contributed by atoms with E-state index in [0.29, 0.717) is 12.1 Å². The molecule has 5 nitrogen and oxygen atoms in total. The Morgan fingerprint density at radius 2 is 1.92 bits per heavy atom. The second-order valence-corrected chi connectivity index (χ2v) is 6.12. The van der Waals surface area contributed by atoms with Crippen molar-refractivity contribution in [1.82, 2.24) is 9.88 Å². The minimum Gasteiger partial charge on any atom is -0.325 e. The number of nitrogens with zero attached hydrogens (tertiary/aromatic N) is 3. The van der Waals surface area contributed by atoms with Crippen LogP contribution in [-0.4, -0.2) is 35.3 Å². The van der Waals surface area contributed by atoms with Gasteiger partial charge in [0.05, 0.1) is 11.2 Å². The summed E-state index contributed by atoms with van der Waals surface area (Å²) in [5.74, 6) is -0.229. The van der Waals surface area contributed by atoms with Gasteiger partial charge < -0.3 is 9.80 Å². The van der Waals surface area contributed by atoms with Gasteiger partial charge in [-0.3, -0.25) is 14.6 Å². The molecule has 124 valence electrons. The summed E-state index contributed by atoms with van der Waals surface area (Å²) >= 11 is 0. The molecule has 0 spiro atoms. The molecule has 1 aliphatic heterocycles. The molecular weight excluding hydrogens is 314 g/mol. The zero-order chi connectivity index (χ0) is 17.4. The molecule has 5 heteroatoms. The van der Waals surface area contributed by atoms with Crippen molar-refractivity contribution in [2.24, 2.45) is 0 Å². The highest BCUT2D eigenvalue weighted by molar-refractivity contribution is 6.05. The molecule has 4 rings (SSSR count). The number of para-hydroxylation sites is 1. The predicted molar refractivity (Wildman–Crippen MR) is 96.3 cm³/mol. The van der Waals surface area contributed by atoms with Gasteiger partial charge in [-0.15, -0.1) is 0 Å². The highest BCUT2D eigenvalue weighted by atomic mass is 16.2. The molecule has 1 aliphatic rings. The molecule has 0 fully saturated rings. The van der Waals surface area contributed by atoms with Crippen molar-refractivity contribution in [3.05, 3.63) is 71.9 Å². The van der Waals surface area contributed by atoms with Crippen LogP contribution in [0.25, 0.3) is 10.9 Å². The van der Waals surface area contributed by atoms with Crippen LogP contribution in [0.5, 0.6) is 0 Å². The molecule has 0 aliphatic carbocycles. The summed E-state index contributed by atoms with van der Waals surface area (Å²) in [6.07, 6.45) is 1.71. The summed E-state index contributed by atoms with van der Waals surface area (Å²) in [4.78, 5) is 32.7. The monoisotopic (exact) mass is 331 g/mol. The van der Waals surface area contributed by atoms with Gasteiger partial charge >= 0.3 is 0 Å². The number of carbonyl (C=O) groups excluding carboxylic acids is 2. The first-order valence-corrected chi connectivity index (χ1v) is 8.12.